The number of halogens is 1. The molecule has 13 heavy (non-hydrogen) atoms. The van der Waals surface area contributed by atoms with Crippen LogP contribution in [0.4, 0.5) is 0 Å². The van der Waals surface area contributed by atoms with Gasteiger partial charge in [-0.05, 0) is 33.8 Å². The van der Waals surface area contributed by atoms with E-state index in [-0.39, 0.29) is 0 Å². The minimum absolute atomic E-state index is 0.455. The minimum Gasteiger partial charge on any atom is -0.227 e. The second-order valence-corrected chi connectivity index (χ2v) is 4.51. The Bertz CT molecular complexity index is 269. The van der Waals surface area contributed by atoms with Crippen LogP contribution in [0.3, 0.4) is 0 Å². The number of aromatic nitrogens is 2. The van der Waals surface area contributed by atoms with Crippen molar-refractivity contribution in [1.82, 2.24) is 9.97 Å². The van der Waals surface area contributed by atoms with E-state index in [1.807, 2.05) is 0 Å². The zero-order valence-corrected chi connectivity index (χ0v) is 10.1. The van der Waals surface area contributed by atoms with Gasteiger partial charge in [0.25, 0.3) is 0 Å². The molecule has 0 bridgehead atoms. The van der Waals surface area contributed by atoms with Gasteiger partial charge in [-0.2, -0.15) is 0 Å². The first kappa shape index (κ1) is 10.6. The monoisotopic (exact) mass is 242 g/mol. The van der Waals surface area contributed by atoms with Gasteiger partial charge in [0, 0.05) is 11.4 Å². The maximum absolute atomic E-state index is 4.32. The van der Waals surface area contributed by atoms with Gasteiger partial charge in [-0.1, -0.05) is 27.7 Å². The number of hydrogen-bond acceptors (Lipinski definition) is 2. The zero-order chi connectivity index (χ0) is 10.0. The topological polar surface area (TPSA) is 25.8 Å². The van der Waals surface area contributed by atoms with Gasteiger partial charge < -0.3 is 0 Å². The first-order chi connectivity index (χ1) is 6.00. The molecule has 0 radical (unpaired) electrons. The van der Waals surface area contributed by atoms with Crippen LogP contribution in [-0.4, -0.2) is 9.97 Å². The first-order valence-electron chi connectivity index (χ1n) is 4.55. The highest BCUT2D eigenvalue weighted by atomic mass is 79.9. The quantitative estimate of drug-likeness (QED) is 0.743. The molecule has 72 valence electrons. The summed E-state index contributed by atoms with van der Waals surface area (Å²) in [7, 11) is 0. The molecule has 0 saturated heterocycles. The Balaban J connectivity index is 3.11. The molecule has 1 aromatic rings. The number of rotatable bonds is 2. The highest BCUT2D eigenvalue weighted by molar-refractivity contribution is 9.10. The molecular weight excluding hydrogens is 228 g/mol. The van der Waals surface area contributed by atoms with Crippen molar-refractivity contribution in [2.45, 2.75) is 39.5 Å². The Morgan fingerprint density at radius 2 is 1.38 bits per heavy atom. The van der Waals surface area contributed by atoms with Crippen LogP contribution < -0.4 is 0 Å². The Hall–Kier alpha value is -0.440. The number of hydrogen-bond donors (Lipinski definition) is 0. The van der Waals surface area contributed by atoms with Crippen molar-refractivity contribution in [3.05, 3.63) is 22.2 Å². The summed E-state index contributed by atoms with van der Waals surface area (Å²) in [5, 5.41) is 0. The third-order valence-electron chi connectivity index (χ3n) is 1.92. The maximum Gasteiger partial charge on any atom is 0.197 e. The third kappa shape index (κ3) is 2.76. The van der Waals surface area contributed by atoms with Crippen molar-refractivity contribution in [2.75, 3.05) is 0 Å². The lowest BCUT2D eigenvalue weighted by Crippen LogP contribution is -2.01. The summed E-state index contributed by atoms with van der Waals surface area (Å²) >= 11 is 3.33. The van der Waals surface area contributed by atoms with E-state index in [0.717, 1.165) is 11.4 Å². The second-order valence-electron chi connectivity index (χ2n) is 3.80. The van der Waals surface area contributed by atoms with Crippen molar-refractivity contribution in [1.29, 1.82) is 0 Å². The Kier molecular flexibility index (Phi) is 3.42. The minimum atomic E-state index is 0.455. The van der Waals surface area contributed by atoms with Crippen LogP contribution in [0.1, 0.15) is 50.9 Å². The molecule has 0 aliphatic heterocycles. The van der Waals surface area contributed by atoms with Crippen LogP contribution in [0, 0.1) is 0 Å². The van der Waals surface area contributed by atoms with Crippen LogP contribution in [0.2, 0.25) is 0 Å². The van der Waals surface area contributed by atoms with Crippen molar-refractivity contribution in [3.8, 4) is 0 Å². The van der Waals surface area contributed by atoms with Crippen LogP contribution in [-0.2, 0) is 0 Å². The van der Waals surface area contributed by atoms with Gasteiger partial charge in [-0.15, -0.1) is 0 Å². The van der Waals surface area contributed by atoms with E-state index in [1.165, 1.54) is 0 Å². The average Bonchev–Trinajstić information content (AvgIpc) is 2.03. The van der Waals surface area contributed by atoms with Gasteiger partial charge in [-0.3, -0.25) is 0 Å². The largest absolute Gasteiger partial charge is 0.227 e. The molecule has 1 aromatic heterocycles. The molecule has 1 heterocycles. The molecule has 0 saturated carbocycles. The molecular formula is C10H15BrN2. The van der Waals surface area contributed by atoms with Gasteiger partial charge >= 0.3 is 0 Å². The smallest absolute Gasteiger partial charge is 0.197 e. The highest BCUT2D eigenvalue weighted by Gasteiger charge is 2.08. The molecule has 0 unspecified atom stereocenters. The fourth-order valence-corrected chi connectivity index (χ4v) is 1.46. The SMILES string of the molecule is CC(C)c1cc(C(C)C)nc(Br)n1. The van der Waals surface area contributed by atoms with E-state index in [4.69, 9.17) is 0 Å². The lowest BCUT2D eigenvalue weighted by Gasteiger charge is -2.09. The van der Waals surface area contributed by atoms with Crippen LogP contribution in [0.15, 0.2) is 10.8 Å². The Labute approximate surface area is 87.9 Å². The van der Waals surface area contributed by atoms with Gasteiger partial charge in [0.05, 0.1) is 0 Å². The van der Waals surface area contributed by atoms with Crippen LogP contribution in [0.25, 0.3) is 0 Å². The summed E-state index contributed by atoms with van der Waals surface area (Å²) in [5.41, 5.74) is 2.20. The molecule has 0 spiro atoms. The summed E-state index contributed by atoms with van der Waals surface area (Å²) in [5.74, 6) is 0.911. The van der Waals surface area contributed by atoms with Crippen molar-refractivity contribution >= 4 is 15.9 Å². The highest BCUT2D eigenvalue weighted by Crippen LogP contribution is 2.19. The molecule has 0 atom stereocenters. The van der Waals surface area contributed by atoms with E-state index in [0.29, 0.717) is 16.6 Å². The van der Waals surface area contributed by atoms with Gasteiger partial charge in [-0.25, -0.2) is 9.97 Å². The molecule has 0 fully saturated rings. The summed E-state index contributed by atoms with van der Waals surface area (Å²) < 4.78 is 0.697. The molecule has 1 rings (SSSR count). The number of nitrogens with zero attached hydrogens (tertiary/aromatic N) is 2. The normalized spacial score (nSPS) is 11.3. The molecule has 0 aliphatic rings. The predicted molar refractivity (Wildman–Crippen MR) is 57.9 cm³/mol. The first-order valence-corrected chi connectivity index (χ1v) is 5.34. The third-order valence-corrected chi connectivity index (χ3v) is 2.28. The van der Waals surface area contributed by atoms with Gasteiger partial charge in [0.1, 0.15) is 0 Å². The second kappa shape index (κ2) is 4.18. The summed E-state index contributed by atoms with van der Waals surface area (Å²) in [6, 6.07) is 2.08. The standard InChI is InChI=1S/C10H15BrN2/c1-6(2)8-5-9(7(3)4)13-10(11)12-8/h5-7H,1-4H3. The molecule has 0 amide bonds. The molecule has 2 nitrogen and oxygen atoms in total. The lowest BCUT2D eigenvalue weighted by atomic mass is 10.1. The fourth-order valence-electron chi connectivity index (χ4n) is 1.05. The summed E-state index contributed by atoms with van der Waals surface area (Å²) in [6.45, 7) is 8.55. The summed E-state index contributed by atoms with van der Waals surface area (Å²) in [6.07, 6.45) is 0. The Morgan fingerprint density at radius 1 is 1.00 bits per heavy atom. The lowest BCUT2D eigenvalue weighted by molar-refractivity contribution is 0.757. The van der Waals surface area contributed by atoms with Gasteiger partial charge in [0.2, 0.25) is 0 Å². The summed E-state index contributed by atoms with van der Waals surface area (Å²) in [4.78, 5) is 8.64. The average molecular weight is 243 g/mol. The van der Waals surface area contributed by atoms with Crippen molar-refractivity contribution in [2.24, 2.45) is 0 Å². The zero-order valence-electron chi connectivity index (χ0n) is 8.50. The van der Waals surface area contributed by atoms with Crippen LogP contribution >= 0.6 is 15.9 Å². The van der Waals surface area contributed by atoms with E-state index < -0.39 is 0 Å². The molecule has 3 heteroatoms. The van der Waals surface area contributed by atoms with Crippen molar-refractivity contribution < 1.29 is 0 Å². The predicted octanol–water partition coefficient (Wildman–Crippen LogP) is 3.49. The van der Waals surface area contributed by atoms with E-state index in [1.54, 1.807) is 0 Å². The van der Waals surface area contributed by atoms with Crippen LogP contribution in [0.5, 0.6) is 0 Å². The Morgan fingerprint density at radius 3 is 1.69 bits per heavy atom. The molecule has 0 N–H and O–H groups in total. The van der Waals surface area contributed by atoms with Crippen molar-refractivity contribution in [3.63, 3.8) is 0 Å². The van der Waals surface area contributed by atoms with E-state index >= 15 is 0 Å². The van der Waals surface area contributed by atoms with Gasteiger partial charge in [0.15, 0.2) is 4.73 Å². The van der Waals surface area contributed by atoms with E-state index in [2.05, 4.69) is 59.7 Å². The maximum atomic E-state index is 4.32. The fraction of sp³-hybridized carbons (Fsp3) is 0.600. The van der Waals surface area contributed by atoms with E-state index in [9.17, 15) is 0 Å². The molecule has 0 aromatic carbocycles. The molecule has 0 aliphatic carbocycles.